The standard InChI is InChI=1S/C12H10F3N3O2S/c1-7-6-17-11(21-7)18(10(16)19)8-2-4-9(5-3-8)20-12(13,14)15/h2-6H,1H3,(H2,16,19). The number of alkyl halides is 3. The van der Waals surface area contributed by atoms with Crippen LogP contribution in [0, 0.1) is 6.92 Å². The molecule has 0 unspecified atom stereocenters. The summed E-state index contributed by atoms with van der Waals surface area (Å²) >= 11 is 1.24. The Morgan fingerprint density at radius 3 is 2.38 bits per heavy atom. The summed E-state index contributed by atoms with van der Waals surface area (Å²) in [6, 6.07) is 4.00. The van der Waals surface area contributed by atoms with Gasteiger partial charge in [-0.15, -0.1) is 24.5 Å². The van der Waals surface area contributed by atoms with E-state index >= 15 is 0 Å². The fourth-order valence-electron chi connectivity index (χ4n) is 1.58. The summed E-state index contributed by atoms with van der Waals surface area (Å²) < 4.78 is 40.0. The maximum atomic E-state index is 12.1. The normalized spacial score (nSPS) is 11.2. The number of benzene rings is 1. The van der Waals surface area contributed by atoms with Crippen molar-refractivity contribution in [2.24, 2.45) is 5.73 Å². The zero-order valence-corrected chi connectivity index (χ0v) is 11.5. The summed E-state index contributed by atoms with van der Waals surface area (Å²) in [5.74, 6) is -0.383. The van der Waals surface area contributed by atoms with Crippen LogP contribution in [-0.2, 0) is 0 Å². The number of carbonyl (C=O) groups excluding carboxylic acids is 1. The average molecular weight is 317 g/mol. The lowest BCUT2D eigenvalue weighted by Crippen LogP contribution is -2.31. The van der Waals surface area contributed by atoms with Gasteiger partial charge < -0.3 is 10.5 Å². The van der Waals surface area contributed by atoms with Gasteiger partial charge in [0.1, 0.15) is 5.75 Å². The summed E-state index contributed by atoms with van der Waals surface area (Å²) in [5.41, 5.74) is 5.59. The van der Waals surface area contributed by atoms with Crippen LogP contribution in [0.15, 0.2) is 30.5 Å². The van der Waals surface area contributed by atoms with Gasteiger partial charge in [0.25, 0.3) is 0 Å². The van der Waals surface area contributed by atoms with E-state index in [2.05, 4.69) is 9.72 Å². The van der Waals surface area contributed by atoms with E-state index in [1.165, 1.54) is 23.5 Å². The number of amides is 2. The van der Waals surface area contributed by atoms with Crippen molar-refractivity contribution in [3.8, 4) is 5.75 Å². The molecule has 1 heterocycles. The van der Waals surface area contributed by atoms with Crippen molar-refractivity contribution in [1.29, 1.82) is 0 Å². The fourth-order valence-corrected chi connectivity index (χ4v) is 2.36. The maximum absolute atomic E-state index is 12.1. The van der Waals surface area contributed by atoms with Gasteiger partial charge in [0.05, 0.1) is 5.69 Å². The van der Waals surface area contributed by atoms with Gasteiger partial charge in [0, 0.05) is 11.1 Å². The summed E-state index contributed by atoms with van der Waals surface area (Å²) in [5, 5.41) is 0.337. The first-order valence-corrected chi connectivity index (χ1v) is 6.46. The predicted molar refractivity (Wildman–Crippen MR) is 71.7 cm³/mol. The van der Waals surface area contributed by atoms with Crippen LogP contribution in [0.25, 0.3) is 0 Å². The van der Waals surface area contributed by atoms with E-state index in [1.807, 2.05) is 0 Å². The van der Waals surface area contributed by atoms with Crippen molar-refractivity contribution in [2.75, 3.05) is 4.90 Å². The SMILES string of the molecule is Cc1cnc(N(C(N)=O)c2ccc(OC(F)(F)F)cc2)s1. The second-order valence-electron chi connectivity index (χ2n) is 3.97. The van der Waals surface area contributed by atoms with E-state index in [0.717, 1.165) is 21.9 Å². The number of nitrogens with zero attached hydrogens (tertiary/aromatic N) is 2. The largest absolute Gasteiger partial charge is 0.573 e. The second kappa shape index (κ2) is 5.60. The third-order valence-electron chi connectivity index (χ3n) is 2.35. The van der Waals surface area contributed by atoms with Crippen molar-refractivity contribution >= 4 is 28.2 Å². The smallest absolute Gasteiger partial charge is 0.406 e. The predicted octanol–water partition coefficient (Wildman–Crippen LogP) is 3.57. The van der Waals surface area contributed by atoms with Gasteiger partial charge in [-0.05, 0) is 31.2 Å². The molecule has 1 aromatic heterocycles. The molecule has 0 aliphatic carbocycles. The Labute approximate surface area is 121 Å². The van der Waals surface area contributed by atoms with Crippen molar-refractivity contribution in [3.05, 3.63) is 35.3 Å². The number of ether oxygens (including phenoxy) is 1. The van der Waals surface area contributed by atoms with Gasteiger partial charge in [-0.1, -0.05) is 0 Å². The number of halogens is 3. The molecule has 0 spiro atoms. The van der Waals surface area contributed by atoms with Crippen LogP contribution in [-0.4, -0.2) is 17.4 Å². The molecule has 9 heteroatoms. The number of rotatable bonds is 3. The summed E-state index contributed by atoms with van der Waals surface area (Å²) in [4.78, 5) is 17.5. The number of hydrogen-bond donors (Lipinski definition) is 1. The molecule has 0 saturated heterocycles. The zero-order valence-electron chi connectivity index (χ0n) is 10.7. The molecule has 2 amide bonds. The number of thiazole rings is 1. The van der Waals surface area contributed by atoms with E-state index in [9.17, 15) is 18.0 Å². The lowest BCUT2D eigenvalue weighted by molar-refractivity contribution is -0.274. The third-order valence-corrected chi connectivity index (χ3v) is 3.25. The van der Waals surface area contributed by atoms with Crippen LogP contribution < -0.4 is 15.4 Å². The molecule has 1 aromatic carbocycles. The molecule has 0 atom stereocenters. The van der Waals surface area contributed by atoms with Crippen LogP contribution >= 0.6 is 11.3 Å². The van der Waals surface area contributed by atoms with Crippen molar-refractivity contribution in [2.45, 2.75) is 13.3 Å². The Hall–Kier alpha value is -2.29. The fraction of sp³-hybridized carbons (Fsp3) is 0.167. The molecule has 0 aliphatic rings. The van der Waals surface area contributed by atoms with Gasteiger partial charge in [0.2, 0.25) is 0 Å². The number of primary amides is 1. The summed E-state index contributed by atoms with van der Waals surface area (Å²) in [6.45, 7) is 1.81. The Balaban J connectivity index is 2.28. The molecular formula is C12H10F3N3O2S. The second-order valence-corrected chi connectivity index (χ2v) is 5.18. The minimum absolute atomic E-state index is 0.298. The third kappa shape index (κ3) is 3.85. The Morgan fingerprint density at radius 2 is 1.95 bits per heavy atom. The van der Waals surface area contributed by atoms with Crippen molar-refractivity contribution < 1.29 is 22.7 Å². The van der Waals surface area contributed by atoms with Gasteiger partial charge in [-0.2, -0.15) is 0 Å². The number of anilines is 2. The van der Waals surface area contributed by atoms with Crippen LogP contribution in [0.2, 0.25) is 0 Å². The molecule has 0 bridgehead atoms. The van der Waals surface area contributed by atoms with Crippen molar-refractivity contribution in [3.63, 3.8) is 0 Å². The number of nitrogens with two attached hydrogens (primary N) is 1. The summed E-state index contributed by atoms with van der Waals surface area (Å²) in [7, 11) is 0. The van der Waals surface area contributed by atoms with Gasteiger partial charge in [-0.25, -0.2) is 14.7 Å². The first-order chi connectivity index (χ1) is 9.76. The van der Waals surface area contributed by atoms with Crippen LogP contribution in [0.3, 0.4) is 0 Å². The molecule has 2 aromatic rings. The molecule has 0 fully saturated rings. The summed E-state index contributed by atoms with van der Waals surface area (Å²) in [6.07, 6.45) is -3.20. The molecular weight excluding hydrogens is 307 g/mol. The van der Waals surface area contributed by atoms with Crippen LogP contribution in [0.1, 0.15) is 4.88 Å². The Bertz CT molecular complexity index is 640. The molecule has 0 saturated carbocycles. The molecule has 5 nitrogen and oxygen atoms in total. The molecule has 0 radical (unpaired) electrons. The Kier molecular flexibility index (Phi) is 4.03. The highest BCUT2D eigenvalue weighted by Gasteiger charge is 2.31. The lowest BCUT2D eigenvalue weighted by Gasteiger charge is -2.17. The van der Waals surface area contributed by atoms with Gasteiger partial charge in [0.15, 0.2) is 5.13 Å². The molecule has 2 N–H and O–H groups in total. The molecule has 0 aliphatic heterocycles. The van der Waals surface area contributed by atoms with Crippen LogP contribution in [0.5, 0.6) is 5.75 Å². The van der Waals surface area contributed by atoms with Gasteiger partial charge >= 0.3 is 12.4 Å². The van der Waals surface area contributed by atoms with E-state index in [-0.39, 0.29) is 5.75 Å². The zero-order chi connectivity index (χ0) is 15.6. The quantitative estimate of drug-likeness (QED) is 0.941. The topological polar surface area (TPSA) is 68.5 Å². The molecule has 21 heavy (non-hydrogen) atoms. The number of urea groups is 1. The highest BCUT2D eigenvalue weighted by atomic mass is 32.1. The monoisotopic (exact) mass is 317 g/mol. The van der Waals surface area contributed by atoms with E-state index < -0.39 is 12.4 Å². The number of aryl methyl sites for hydroxylation is 1. The van der Waals surface area contributed by atoms with E-state index in [1.54, 1.807) is 13.1 Å². The average Bonchev–Trinajstić information content (AvgIpc) is 2.76. The minimum atomic E-state index is -4.77. The minimum Gasteiger partial charge on any atom is -0.406 e. The lowest BCUT2D eigenvalue weighted by atomic mass is 10.3. The highest BCUT2D eigenvalue weighted by Crippen LogP contribution is 2.31. The van der Waals surface area contributed by atoms with Crippen molar-refractivity contribution in [1.82, 2.24) is 4.98 Å². The van der Waals surface area contributed by atoms with Gasteiger partial charge in [-0.3, -0.25) is 0 Å². The number of hydrogen-bond acceptors (Lipinski definition) is 4. The van der Waals surface area contributed by atoms with E-state index in [0.29, 0.717) is 10.8 Å². The first kappa shape index (κ1) is 15.1. The first-order valence-electron chi connectivity index (χ1n) is 5.64. The number of aromatic nitrogens is 1. The maximum Gasteiger partial charge on any atom is 0.573 e. The Morgan fingerprint density at radius 1 is 1.33 bits per heavy atom. The molecule has 2 rings (SSSR count). The molecule has 112 valence electrons. The number of carbonyl (C=O) groups is 1. The van der Waals surface area contributed by atoms with E-state index in [4.69, 9.17) is 5.73 Å². The van der Waals surface area contributed by atoms with Crippen LogP contribution in [0.4, 0.5) is 28.8 Å². The highest BCUT2D eigenvalue weighted by molar-refractivity contribution is 7.15.